The number of carboxylic acids is 2. The molecule has 0 fully saturated rings. The first-order valence-corrected chi connectivity index (χ1v) is 5.35. The third-order valence-corrected chi connectivity index (χ3v) is 2.54. The minimum absolute atomic E-state index is 0. The van der Waals surface area contributed by atoms with Gasteiger partial charge in [-0.15, -0.1) is 0 Å². The Labute approximate surface area is 161 Å². The zero-order valence-electron chi connectivity index (χ0n) is 11.9. The summed E-state index contributed by atoms with van der Waals surface area (Å²) < 4.78 is 0.632. The number of benzene rings is 1. The summed E-state index contributed by atoms with van der Waals surface area (Å²) >= 11 is 0. The van der Waals surface area contributed by atoms with E-state index in [9.17, 15) is 19.2 Å². The molecule has 9 heteroatoms. The molecule has 2 rings (SSSR count). The fourth-order valence-corrected chi connectivity index (χ4v) is 1.76. The van der Waals surface area contributed by atoms with Crippen LogP contribution in [-0.2, 0) is 0 Å². The molecule has 0 unspecified atom stereocenters. The van der Waals surface area contributed by atoms with Crippen LogP contribution in [0.25, 0.3) is 5.69 Å². The van der Waals surface area contributed by atoms with Crippen molar-refractivity contribution in [2.45, 2.75) is 0 Å². The van der Waals surface area contributed by atoms with Crippen molar-refractivity contribution < 1.29 is 72.6 Å². The Kier molecular flexibility index (Phi) is 5.81. The summed E-state index contributed by atoms with van der Waals surface area (Å²) in [5, 5.41) is 18.1. The minimum Gasteiger partial charge on any atom is -1.00 e. The van der Waals surface area contributed by atoms with Crippen LogP contribution in [0.1, 0.15) is 22.3 Å². The van der Waals surface area contributed by atoms with Crippen LogP contribution >= 0.6 is 0 Å². The van der Waals surface area contributed by atoms with E-state index in [-0.39, 0.29) is 58.5 Å². The summed E-state index contributed by atoms with van der Waals surface area (Å²) in [4.78, 5) is 47.4. The third kappa shape index (κ3) is 3.39. The average Bonchev–Trinajstić information content (AvgIpc) is 2.38. The molecule has 3 N–H and O–H groups in total. The van der Waals surface area contributed by atoms with Gasteiger partial charge in [-0.05, 0) is 12.1 Å². The monoisotopic (exact) mass is 316 g/mol. The van der Waals surface area contributed by atoms with Gasteiger partial charge in [-0.1, -0.05) is 18.2 Å². The maximum atomic E-state index is 11.8. The Morgan fingerprint density at radius 2 is 1.62 bits per heavy atom. The van der Waals surface area contributed by atoms with E-state index in [0.717, 1.165) is 0 Å². The number of aromatic nitrogens is 2. The molecule has 21 heavy (non-hydrogen) atoms. The van der Waals surface area contributed by atoms with Gasteiger partial charge in [0.2, 0.25) is 0 Å². The van der Waals surface area contributed by atoms with Gasteiger partial charge in [0.1, 0.15) is 0 Å². The van der Waals surface area contributed by atoms with Crippen molar-refractivity contribution >= 4 is 11.9 Å². The second kappa shape index (κ2) is 6.96. The molecule has 0 saturated heterocycles. The number of nitrogens with zero attached hydrogens (tertiary/aromatic N) is 1. The number of para-hydroxylation sites is 1. The molecule has 1 aromatic carbocycles. The van der Waals surface area contributed by atoms with Gasteiger partial charge in [0.25, 0.3) is 5.56 Å². The predicted molar refractivity (Wildman–Crippen MR) is 67.7 cm³/mol. The van der Waals surface area contributed by atoms with Crippen LogP contribution in [0.2, 0.25) is 0 Å². The zero-order valence-corrected chi connectivity index (χ0v) is 14.0. The van der Waals surface area contributed by atoms with Crippen LogP contribution in [0.5, 0.6) is 0 Å². The van der Waals surface area contributed by atoms with Crippen LogP contribution in [-0.4, -0.2) is 31.7 Å². The summed E-state index contributed by atoms with van der Waals surface area (Å²) in [5.41, 5.74) is -4.04. The van der Waals surface area contributed by atoms with Crippen LogP contribution in [0.3, 0.4) is 0 Å². The molecule has 0 aliphatic carbocycles. The van der Waals surface area contributed by atoms with E-state index in [4.69, 9.17) is 10.2 Å². The second-order valence-corrected chi connectivity index (χ2v) is 3.76. The number of carboxylic acid groups (broad SMARTS) is 2. The molecule has 0 spiro atoms. The molecular weight excluding hydrogens is 307 g/mol. The molecule has 1 heterocycles. The largest absolute Gasteiger partial charge is 1.00 e. The Morgan fingerprint density at radius 1 is 1.05 bits per heavy atom. The summed E-state index contributed by atoms with van der Waals surface area (Å²) in [5.74, 6) is -3.41. The Hall–Kier alpha value is -1.52. The molecule has 0 aliphatic rings. The van der Waals surface area contributed by atoms with Gasteiger partial charge in [0.15, 0.2) is 11.3 Å². The first-order chi connectivity index (χ1) is 9.43. The first-order valence-electron chi connectivity index (χ1n) is 5.35. The van der Waals surface area contributed by atoms with Crippen molar-refractivity contribution in [1.82, 2.24) is 9.55 Å². The van der Waals surface area contributed by atoms with E-state index in [1.165, 1.54) is 12.1 Å². The topological polar surface area (TPSA) is 129 Å². The molecular formula is C12H9KN2O6. The molecule has 2 aromatic rings. The number of rotatable bonds is 3. The molecule has 0 radical (unpaired) electrons. The number of H-pyrrole nitrogens is 1. The van der Waals surface area contributed by atoms with E-state index >= 15 is 0 Å². The molecule has 104 valence electrons. The average molecular weight is 316 g/mol. The summed E-state index contributed by atoms with van der Waals surface area (Å²) in [6.07, 6.45) is 0. The van der Waals surface area contributed by atoms with E-state index < -0.39 is 34.4 Å². The molecule has 1 aromatic heterocycles. The van der Waals surface area contributed by atoms with Gasteiger partial charge < -0.3 is 11.6 Å². The first kappa shape index (κ1) is 17.5. The van der Waals surface area contributed by atoms with Crippen molar-refractivity contribution in [2.75, 3.05) is 0 Å². The normalized spacial score (nSPS) is 9.71. The van der Waals surface area contributed by atoms with E-state index in [0.29, 0.717) is 4.57 Å². The predicted octanol–water partition coefficient (Wildman–Crippen LogP) is -2.96. The van der Waals surface area contributed by atoms with E-state index in [2.05, 4.69) is 0 Å². The quantitative estimate of drug-likeness (QED) is 0.519. The number of aromatic amines is 1. The second-order valence-electron chi connectivity index (χ2n) is 3.76. The third-order valence-electron chi connectivity index (χ3n) is 2.54. The van der Waals surface area contributed by atoms with E-state index in [1.807, 2.05) is 0 Å². The van der Waals surface area contributed by atoms with Crippen molar-refractivity contribution in [3.8, 4) is 5.69 Å². The smallest absolute Gasteiger partial charge is 1.00 e. The summed E-state index contributed by atoms with van der Waals surface area (Å²) in [6.45, 7) is 0. The Balaban J connectivity index is 0.00000220. The summed E-state index contributed by atoms with van der Waals surface area (Å²) in [6, 6.07) is 7.55. The maximum Gasteiger partial charge on any atom is 1.00 e. The molecule has 0 aliphatic heterocycles. The van der Waals surface area contributed by atoms with Gasteiger partial charge in [0, 0.05) is 0 Å². The van der Waals surface area contributed by atoms with Gasteiger partial charge in [-0.25, -0.2) is 14.4 Å². The minimum atomic E-state index is -1.73. The summed E-state index contributed by atoms with van der Waals surface area (Å²) in [7, 11) is 0. The molecule has 0 saturated carbocycles. The maximum absolute atomic E-state index is 11.8. The van der Waals surface area contributed by atoms with Crippen LogP contribution in [0, 0.1) is 0 Å². The van der Waals surface area contributed by atoms with Crippen molar-refractivity contribution in [3.63, 3.8) is 0 Å². The molecule has 0 atom stereocenters. The SMILES string of the molecule is O=C(O)c1c(C(=O)O)n(-c2ccccc2)c(=O)[nH]c1=O.[H-].[K+]. The fraction of sp³-hybridized carbons (Fsp3) is 0. The van der Waals surface area contributed by atoms with Crippen LogP contribution in [0.15, 0.2) is 39.9 Å². The Morgan fingerprint density at radius 3 is 2.10 bits per heavy atom. The molecule has 0 bridgehead atoms. The van der Waals surface area contributed by atoms with Crippen LogP contribution < -0.4 is 62.6 Å². The Bertz CT molecular complexity index is 815. The van der Waals surface area contributed by atoms with Crippen molar-refractivity contribution in [2.24, 2.45) is 0 Å². The van der Waals surface area contributed by atoms with Gasteiger partial charge in [0.05, 0.1) is 5.69 Å². The molecule has 0 amide bonds. The number of hydrogen-bond donors (Lipinski definition) is 3. The fourth-order valence-electron chi connectivity index (χ4n) is 1.76. The number of hydrogen-bond acceptors (Lipinski definition) is 4. The van der Waals surface area contributed by atoms with Gasteiger partial charge in [-0.3, -0.25) is 14.3 Å². The van der Waals surface area contributed by atoms with Crippen LogP contribution in [0.4, 0.5) is 0 Å². The number of aromatic carboxylic acids is 2. The van der Waals surface area contributed by atoms with Crippen molar-refractivity contribution in [3.05, 3.63) is 62.4 Å². The van der Waals surface area contributed by atoms with Gasteiger partial charge >= 0.3 is 69.0 Å². The number of nitrogens with one attached hydrogen (secondary N) is 1. The van der Waals surface area contributed by atoms with Crippen molar-refractivity contribution in [1.29, 1.82) is 0 Å². The standard InChI is InChI=1S/C12H8N2O6.K.H/c15-9-7(10(16)17)8(11(18)19)14(12(20)13-9)6-4-2-1-3-5-6;;/h1-5H,(H,16,17)(H,18,19)(H,13,15,20);;/q;+1;-1. The zero-order chi connectivity index (χ0) is 14.9. The molecule has 8 nitrogen and oxygen atoms in total. The van der Waals surface area contributed by atoms with Gasteiger partial charge in [-0.2, -0.15) is 0 Å². The number of carbonyl (C=O) groups is 2. The van der Waals surface area contributed by atoms with E-state index in [1.54, 1.807) is 23.2 Å².